The third-order valence-electron chi connectivity index (χ3n) is 6.46. The van der Waals surface area contributed by atoms with Crippen LogP contribution in [-0.4, -0.2) is 57.0 Å². The molecule has 2 fully saturated rings. The number of rotatable bonds is 11. The molecule has 11 heteroatoms. The molecule has 8 nitrogen and oxygen atoms in total. The van der Waals surface area contributed by atoms with Crippen molar-refractivity contribution in [2.24, 2.45) is 5.92 Å². The second-order valence-corrected chi connectivity index (χ2v) is 9.81. The number of thiol groups is 1. The van der Waals surface area contributed by atoms with Crippen molar-refractivity contribution < 1.29 is 18.8 Å². The standard InChI is InChI=1S/C25H32FN5O3S.ClH/c1-34-28-23(32)8-4-5-12-31-16-19(27-29-31)14-18-15-30(13-11-22(18)35)24(25(33)17-9-10-17)20-6-2-3-7-21(20)26;/h2-3,6-7,14,16-17,22,24,35H,4-5,8-13,15H2,1H3,(H,28,32);1H. The van der Waals surface area contributed by atoms with E-state index in [0.29, 0.717) is 43.7 Å². The number of Topliss-reactive ketones (excluding diaryl/α,β-unsaturated/α-hetero) is 1. The van der Waals surface area contributed by atoms with Gasteiger partial charge >= 0.3 is 0 Å². The second kappa shape index (κ2) is 13.3. The van der Waals surface area contributed by atoms with Crippen LogP contribution in [-0.2, 0) is 21.0 Å². The summed E-state index contributed by atoms with van der Waals surface area (Å²) in [5, 5.41) is 8.48. The molecule has 1 saturated heterocycles. The molecule has 1 aromatic heterocycles. The zero-order chi connectivity index (χ0) is 24.8. The van der Waals surface area contributed by atoms with E-state index in [2.05, 4.69) is 25.5 Å². The maximum absolute atomic E-state index is 14.7. The van der Waals surface area contributed by atoms with Crippen molar-refractivity contribution in [1.29, 1.82) is 0 Å². The largest absolute Gasteiger partial charge is 0.297 e. The number of hydrogen-bond donors (Lipinski definition) is 2. The Kier molecular flexibility index (Phi) is 10.5. The number of amides is 1. The highest BCUT2D eigenvalue weighted by Crippen LogP contribution is 2.39. The van der Waals surface area contributed by atoms with Gasteiger partial charge in [0.1, 0.15) is 11.5 Å². The molecule has 1 aromatic carbocycles. The van der Waals surface area contributed by atoms with Crippen LogP contribution in [0.4, 0.5) is 4.39 Å². The molecule has 1 amide bonds. The highest BCUT2D eigenvalue weighted by molar-refractivity contribution is 7.81. The highest BCUT2D eigenvalue weighted by Gasteiger charge is 2.40. The second-order valence-electron chi connectivity index (χ2n) is 9.19. The molecule has 2 aromatic rings. The van der Waals surface area contributed by atoms with E-state index < -0.39 is 6.04 Å². The average molecular weight is 538 g/mol. The predicted octanol–water partition coefficient (Wildman–Crippen LogP) is 3.79. The molecule has 1 aliphatic carbocycles. The number of hydrogen-bond acceptors (Lipinski definition) is 7. The number of aryl methyl sites for hydroxylation is 1. The Bertz CT molecular complexity index is 1080. The van der Waals surface area contributed by atoms with Gasteiger partial charge in [-0.15, -0.1) is 17.5 Å². The van der Waals surface area contributed by atoms with Crippen LogP contribution >= 0.6 is 25.0 Å². The van der Waals surface area contributed by atoms with E-state index in [1.807, 2.05) is 12.3 Å². The molecule has 0 radical (unpaired) electrons. The van der Waals surface area contributed by atoms with E-state index in [-0.39, 0.29) is 41.1 Å². The lowest BCUT2D eigenvalue weighted by atomic mass is 9.93. The van der Waals surface area contributed by atoms with Crippen molar-refractivity contribution in [3.05, 3.63) is 53.1 Å². The number of piperidine rings is 1. The molecule has 4 rings (SSSR count). The molecule has 0 bridgehead atoms. The fraction of sp³-hybridized carbons (Fsp3) is 0.520. The van der Waals surface area contributed by atoms with Crippen molar-refractivity contribution in [3.63, 3.8) is 0 Å². The molecular formula is C25H33ClFN5O3S. The zero-order valence-electron chi connectivity index (χ0n) is 20.3. The minimum Gasteiger partial charge on any atom is -0.297 e. The Balaban J connectivity index is 0.00000361. The summed E-state index contributed by atoms with van der Waals surface area (Å²) >= 11 is 4.76. The number of nitrogens with one attached hydrogen (secondary N) is 1. The van der Waals surface area contributed by atoms with Gasteiger partial charge in [-0.25, -0.2) is 9.87 Å². The number of carbonyl (C=O) groups excluding carboxylic acids is 2. The Morgan fingerprint density at radius 3 is 2.78 bits per heavy atom. The van der Waals surface area contributed by atoms with Crippen molar-refractivity contribution in [3.8, 4) is 0 Å². The Labute approximate surface area is 222 Å². The third kappa shape index (κ3) is 7.38. The molecule has 1 N–H and O–H groups in total. The summed E-state index contributed by atoms with van der Waals surface area (Å²) in [6.07, 6.45) is 8.25. The monoisotopic (exact) mass is 537 g/mol. The van der Waals surface area contributed by atoms with Gasteiger partial charge in [0.15, 0.2) is 5.78 Å². The van der Waals surface area contributed by atoms with Gasteiger partial charge < -0.3 is 0 Å². The number of unbranched alkanes of at least 4 members (excludes halogenated alkanes) is 1. The Hall–Kier alpha value is -2.27. The third-order valence-corrected chi connectivity index (χ3v) is 7.05. The van der Waals surface area contributed by atoms with E-state index in [1.54, 1.807) is 22.9 Å². The fourth-order valence-electron chi connectivity index (χ4n) is 4.48. The topological polar surface area (TPSA) is 89.4 Å². The van der Waals surface area contributed by atoms with Crippen LogP contribution in [0, 0.1) is 11.7 Å². The molecule has 36 heavy (non-hydrogen) atoms. The molecule has 196 valence electrons. The van der Waals surface area contributed by atoms with Crippen molar-refractivity contribution in [2.45, 2.75) is 56.4 Å². The Morgan fingerprint density at radius 2 is 2.06 bits per heavy atom. The number of hydroxylamine groups is 1. The molecule has 2 aliphatic rings. The summed E-state index contributed by atoms with van der Waals surface area (Å²) in [4.78, 5) is 31.3. The summed E-state index contributed by atoms with van der Waals surface area (Å²) in [5.74, 6) is -0.349. The number of nitrogens with zero attached hydrogens (tertiary/aromatic N) is 4. The van der Waals surface area contributed by atoms with Gasteiger partial charge in [-0.3, -0.25) is 24.0 Å². The first kappa shape index (κ1) is 28.3. The van der Waals surface area contributed by atoms with Crippen molar-refractivity contribution in [2.75, 3.05) is 20.2 Å². The molecule has 2 atom stereocenters. The number of halogens is 2. The van der Waals surface area contributed by atoms with Crippen molar-refractivity contribution >= 4 is 42.8 Å². The average Bonchev–Trinajstić information content (AvgIpc) is 3.60. The van der Waals surface area contributed by atoms with Gasteiger partial charge in [-0.05, 0) is 49.8 Å². The summed E-state index contributed by atoms with van der Waals surface area (Å²) in [6.45, 7) is 1.84. The van der Waals surface area contributed by atoms with E-state index >= 15 is 0 Å². The lowest BCUT2D eigenvalue weighted by Gasteiger charge is -2.37. The summed E-state index contributed by atoms with van der Waals surface area (Å²) in [6, 6.07) is 6.00. The van der Waals surface area contributed by atoms with Crippen LogP contribution in [0.5, 0.6) is 0 Å². The molecule has 0 spiro atoms. The summed E-state index contributed by atoms with van der Waals surface area (Å²) in [5.41, 5.74) is 4.51. The zero-order valence-corrected chi connectivity index (χ0v) is 22.0. The number of aromatic nitrogens is 3. The summed E-state index contributed by atoms with van der Waals surface area (Å²) in [7, 11) is 1.41. The molecular weight excluding hydrogens is 505 g/mol. The first-order valence-corrected chi connectivity index (χ1v) is 12.6. The van der Waals surface area contributed by atoms with Gasteiger partial charge in [0, 0.05) is 42.8 Å². The number of likely N-dealkylation sites (tertiary alicyclic amines) is 1. The van der Waals surface area contributed by atoms with Gasteiger partial charge in [0.2, 0.25) is 5.91 Å². The minimum absolute atomic E-state index is 0. The van der Waals surface area contributed by atoms with Crippen LogP contribution in [0.1, 0.15) is 55.8 Å². The lowest BCUT2D eigenvalue weighted by molar-refractivity contribution is -0.131. The Morgan fingerprint density at radius 1 is 1.28 bits per heavy atom. The first-order valence-electron chi connectivity index (χ1n) is 12.1. The minimum atomic E-state index is -0.584. The van der Waals surface area contributed by atoms with E-state index in [9.17, 15) is 14.0 Å². The molecule has 2 unspecified atom stereocenters. The smallest absolute Gasteiger partial charge is 0.243 e. The maximum Gasteiger partial charge on any atom is 0.243 e. The summed E-state index contributed by atoms with van der Waals surface area (Å²) < 4.78 is 16.5. The van der Waals surface area contributed by atoms with Crippen molar-refractivity contribution in [1.82, 2.24) is 25.4 Å². The predicted molar refractivity (Wildman–Crippen MR) is 140 cm³/mol. The van der Waals surface area contributed by atoms with Gasteiger partial charge in [-0.1, -0.05) is 23.4 Å². The van der Waals surface area contributed by atoms with E-state index in [4.69, 9.17) is 12.6 Å². The normalized spacial score (nSPS) is 20.1. The SMILES string of the molecule is CONC(=O)CCCCn1cc(C=C2CN(C(C(=O)C3CC3)c3ccccc3F)CCC2S)nn1.Cl. The van der Waals surface area contributed by atoms with Crippen LogP contribution in [0.25, 0.3) is 6.08 Å². The van der Waals surface area contributed by atoms with Crippen LogP contribution in [0.15, 0.2) is 36.0 Å². The fourth-order valence-corrected chi connectivity index (χ4v) is 4.75. The molecule has 1 aliphatic heterocycles. The lowest BCUT2D eigenvalue weighted by Crippen LogP contribution is -2.42. The van der Waals surface area contributed by atoms with Crippen LogP contribution < -0.4 is 5.48 Å². The first-order chi connectivity index (χ1) is 17.0. The van der Waals surface area contributed by atoms with Gasteiger partial charge in [0.05, 0.1) is 19.3 Å². The quantitative estimate of drug-likeness (QED) is 0.257. The van der Waals surface area contributed by atoms with Crippen LogP contribution in [0.3, 0.4) is 0 Å². The highest BCUT2D eigenvalue weighted by atomic mass is 35.5. The number of carbonyl (C=O) groups is 2. The molecule has 2 heterocycles. The maximum atomic E-state index is 14.7. The van der Waals surface area contributed by atoms with Gasteiger partial charge in [0.25, 0.3) is 0 Å². The number of ketones is 1. The number of benzene rings is 1. The van der Waals surface area contributed by atoms with Gasteiger partial charge in [-0.2, -0.15) is 12.6 Å². The van der Waals surface area contributed by atoms with E-state index in [1.165, 1.54) is 13.2 Å². The molecule has 1 saturated carbocycles. The van der Waals surface area contributed by atoms with E-state index in [0.717, 1.165) is 31.3 Å². The van der Waals surface area contributed by atoms with Crippen LogP contribution in [0.2, 0.25) is 0 Å².